The third-order valence-electron chi connectivity index (χ3n) is 3.92. The zero-order valence-electron chi connectivity index (χ0n) is 16.0. The Labute approximate surface area is 155 Å². The first-order chi connectivity index (χ1) is 12.6. The molecule has 0 fully saturated rings. The van der Waals surface area contributed by atoms with E-state index in [0.29, 0.717) is 36.8 Å². The minimum absolute atomic E-state index is 0.0347. The largest absolute Gasteiger partial charge is 0.490 e. The summed E-state index contributed by atoms with van der Waals surface area (Å²) in [6.45, 7) is 5.51. The summed E-state index contributed by atoms with van der Waals surface area (Å²) in [5.41, 5.74) is 0.536. The summed E-state index contributed by atoms with van der Waals surface area (Å²) in [7, 11) is 3.90. The van der Waals surface area contributed by atoms with Crippen molar-refractivity contribution in [3.05, 3.63) is 47.9 Å². The van der Waals surface area contributed by atoms with Gasteiger partial charge in [0, 0.05) is 12.1 Å². The van der Waals surface area contributed by atoms with E-state index in [1.54, 1.807) is 24.5 Å². The van der Waals surface area contributed by atoms with E-state index in [1.807, 2.05) is 45.0 Å². The molecule has 1 N–H and O–H groups in total. The highest BCUT2D eigenvalue weighted by Gasteiger charge is 2.19. The minimum Gasteiger partial charge on any atom is -0.490 e. The summed E-state index contributed by atoms with van der Waals surface area (Å²) in [5, 5.41) is 2.96. The summed E-state index contributed by atoms with van der Waals surface area (Å²) >= 11 is 0. The fourth-order valence-corrected chi connectivity index (χ4v) is 2.56. The van der Waals surface area contributed by atoms with Crippen molar-refractivity contribution in [3.63, 3.8) is 0 Å². The van der Waals surface area contributed by atoms with Gasteiger partial charge >= 0.3 is 0 Å². The molecule has 1 unspecified atom stereocenters. The summed E-state index contributed by atoms with van der Waals surface area (Å²) in [6, 6.07) is 8.97. The predicted octanol–water partition coefficient (Wildman–Crippen LogP) is 3.50. The molecule has 6 nitrogen and oxygen atoms in total. The van der Waals surface area contributed by atoms with Crippen LogP contribution in [0.2, 0.25) is 0 Å². The Kier molecular flexibility index (Phi) is 7.53. The highest BCUT2D eigenvalue weighted by Crippen LogP contribution is 2.29. The quantitative estimate of drug-likeness (QED) is 0.702. The molecular weight excluding hydrogens is 332 g/mol. The van der Waals surface area contributed by atoms with E-state index >= 15 is 0 Å². The molecule has 1 heterocycles. The lowest BCUT2D eigenvalue weighted by Crippen LogP contribution is -2.34. The van der Waals surface area contributed by atoms with Crippen LogP contribution in [0.4, 0.5) is 0 Å². The average molecular weight is 360 g/mol. The third kappa shape index (κ3) is 5.26. The average Bonchev–Trinajstić information content (AvgIpc) is 3.15. The molecule has 0 aliphatic rings. The summed E-state index contributed by atoms with van der Waals surface area (Å²) < 4.78 is 16.8. The van der Waals surface area contributed by atoms with Gasteiger partial charge in [-0.2, -0.15) is 0 Å². The van der Waals surface area contributed by atoms with Crippen LogP contribution in [0.5, 0.6) is 11.5 Å². The fraction of sp³-hybridized carbons (Fsp3) is 0.450. The molecule has 26 heavy (non-hydrogen) atoms. The molecule has 1 aromatic carbocycles. The second-order valence-electron chi connectivity index (χ2n) is 6.15. The van der Waals surface area contributed by atoms with Gasteiger partial charge in [0.15, 0.2) is 11.5 Å². The maximum Gasteiger partial charge on any atom is 0.251 e. The van der Waals surface area contributed by atoms with Gasteiger partial charge in [-0.05, 0) is 57.8 Å². The lowest BCUT2D eigenvalue weighted by Gasteiger charge is -2.22. The summed E-state index contributed by atoms with van der Waals surface area (Å²) in [5.74, 6) is 1.90. The Balaban J connectivity index is 2.07. The number of carbonyl (C=O) groups excluding carboxylic acids is 1. The Morgan fingerprint density at radius 2 is 2.00 bits per heavy atom. The number of likely N-dealkylation sites (N-methyl/N-ethyl adjacent to an activating group) is 1. The standard InChI is InChI=1S/C20H28N2O4/c1-5-11-25-18-10-9-15(13-19(18)24-6-2)20(23)21-14-16(22(3)4)17-8-7-12-26-17/h7-10,12-13,16H,5-6,11,14H2,1-4H3,(H,21,23). The van der Waals surface area contributed by atoms with Crippen LogP contribution in [0.15, 0.2) is 41.0 Å². The van der Waals surface area contributed by atoms with E-state index in [-0.39, 0.29) is 11.9 Å². The van der Waals surface area contributed by atoms with E-state index < -0.39 is 0 Å². The fourth-order valence-electron chi connectivity index (χ4n) is 2.56. The number of amides is 1. The van der Waals surface area contributed by atoms with Crippen LogP contribution in [0, 0.1) is 0 Å². The molecule has 142 valence electrons. The van der Waals surface area contributed by atoms with Crippen molar-refractivity contribution in [3.8, 4) is 11.5 Å². The Hall–Kier alpha value is -2.47. The van der Waals surface area contributed by atoms with Gasteiger partial charge in [0.05, 0.1) is 25.5 Å². The smallest absolute Gasteiger partial charge is 0.251 e. The lowest BCUT2D eigenvalue weighted by atomic mass is 10.1. The maximum atomic E-state index is 12.6. The maximum absolute atomic E-state index is 12.6. The van der Waals surface area contributed by atoms with Crippen LogP contribution in [-0.2, 0) is 0 Å². The Morgan fingerprint density at radius 3 is 2.62 bits per heavy atom. The van der Waals surface area contributed by atoms with Crippen LogP contribution in [0.3, 0.4) is 0 Å². The normalized spacial score (nSPS) is 12.0. The van der Waals surface area contributed by atoms with Crippen molar-refractivity contribution in [2.24, 2.45) is 0 Å². The number of nitrogens with zero attached hydrogens (tertiary/aromatic N) is 1. The van der Waals surface area contributed by atoms with Gasteiger partial charge in [0.2, 0.25) is 0 Å². The van der Waals surface area contributed by atoms with Crippen LogP contribution >= 0.6 is 0 Å². The molecule has 1 aromatic heterocycles. The number of ether oxygens (including phenoxy) is 2. The van der Waals surface area contributed by atoms with Crippen LogP contribution in [0.1, 0.15) is 42.4 Å². The predicted molar refractivity (Wildman–Crippen MR) is 101 cm³/mol. The van der Waals surface area contributed by atoms with Crippen molar-refractivity contribution in [1.29, 1.82) is 0 Å². The number of benzene rings is 1. The molecule has 0 bridgehead atoms. The molecule has 0 aliphatic carbocycles. The second kappa shape index (κ2) is 9.87. The van der Waals surface area contributed by atoms with Crippen LogP contribution in [0.25, 0.3) is 0 Å². The van der Waals surface area contributed by atoms with Crippen molar-refractivity contribution >= 4 is 5.91 Å². The summed E-state index contributed by atoms with van der Waals surface area (Å²) in [4.78, 5) is 14.6. The van der Waals surface area contributed by atoms with Gasteiger partial charge in [0.25, 0.3) is 5.91 Å². The van der Waals surface area contributed by atoms with Crippen LogP contribution < -0.4 is 14.8 Å². The van der Waals surface area contributed by atoms with Gasteiger partial charge < -0.3 is 19.2 Å². The van der Waals surface area contributed by atoms with E-state index in [1.165, 1.54) is 0 Å². The number of rotatable bonds is 10. The molecule has 0 radical (unpaired) electrons. The van der Waals surface area contributed by atoms with Crippen molar-refractivity contribution in [2.75, 3.05) is 33.9 Å². The molecule has 0 saturated heterocycles. The zero-order chi connectivity index (χ0) is 18.9. The topological polar surface area (TPSA) is 63.9 Å². The highest BCUT2D eigenvalue weighted by molar-refractivity contribution is 5.94. The Bertz CT molecular complexity index is 683. The van der Waals surface area contributed by atoms with Crippen molar-refractivity contribution in [1.82, 2.24) is 10.2 Å². The van der Waals surface area contributed by atoms with Gasteiger partial charge in [-0.25, -0.2) is 0 Å². The third-order valence-corrected chi connectivity index (χ3v) is 3.92. The first kappa shape index (κ1) is 19.8. The molecule has 0 aliphatic heterocycles. The van der Waals surface area contributed by atoms with Crippen molar-refractivity contribution < 1.29 is 18.7 Å². The zero-order valence-corrected chi connectivity index (χ0v) is 16.0. The molecule has 1 atom stereocenters. The van der Waals surface area contributed by atoms with Crippen LogP contribution in [-0.4, -0.2) is 44.7 Å². The highest BCUT2D eigenvalue weighted by atomic mass is 16.5. The Morgan fingerprint density at radius 1 is 1.19 bits per heavy atom. The lowest BCUT2D eigenvalue weighted by molar-refractivity contribution is 0.0938. The van der Waals surface area contributed by atoms with Gasteiger partial charge in [0.1, 0.15) is 5.76 Å². The molecule has 6 heteroatoms. The molecule has 0 spiro atoms. The molecule has 2 rings (SSSR count). The summed E-state index contributed by atoms with van der Waals surface area (Å²) in [6.07, 6.45) is 2.55. The van der Waals surface area contributed by atoms with E-state index in [2.05, 4.69) is 5.32 Å². The van der Waals surface area contributed by atoms with E-state index in [0.717, 1.165) is 12.2 Å². The number of hydrogen-bond donors (Lipinski definition) is 1. The van der Waals surface area contributed by atoms with E-state index in [4.69, 9.17) is 13.9 Å². The SMILES string of the molecule is CCCOc1ccc(C(=O)NCC(c2ccco2)N(C)C)cc1OCC. The van der Waals surface area contributed by atoms with E-state index in [9.17, 15) is 4.79 Å². The molecule has 1 amide bonds. The van der Waals surface area contributed by atoms with Gasteiger partial charge in [-0.3, -0.25) is 9.69 Å². The molecular formula is C20H28N2O4. The number of furan rings is 1. The first-order valence-electron chi connectivity index (χ1n) is 8.94. The first-order valence-corrected chi connectivity index (χ1v) is 8.94. The van der Waals surface area contributed by atoms with Gasteiger partial charge in [-0.15, -0.1) is 0 Å². The van der Waals surface area contributed by atoms with Gasteiger partial charge in [-0.1, -0.05) is 6.92 Å². The molecule has 0 saturated carbocycles. The minimum atomic E-state index is -0.161. The molecule has 2 aromatic rings. The second-order valence-corrected chi connectivity index (χ2v) is 6.15. The number of carbonyl (C=O) groups is 1. The number of hydrogen-bond acceptors (Lipinski definition) is 5. The number of nitrogens with one attached hydrogen (secondary N) is 1. The van der Waals surface area contributed by atoms with Crippen molar-refractivity contribution in [2.45, 2.75) is 26.3 Å². The monoisotopic (exact) mass is 360 g/mol.